The van der Waals surface area contributed by atoms with E-state index >= 15 is 0 Å². The first-order valence-corrected chi connectivity index (χ1v) is 5.99. The molecule has 1 rings (SSSR count). The smallest absolute Gasteiger partial charge is 0.109 e. The molecular formula is C12H23N3O. The first-order valence-electron chi connectivity index (χ1n) is 5.99. The molecule has 0 saturated heterocycles. The first-order chi connectivity index (χ1) is 7.77. The summed E-state index contributed by atoms with van der Waals surface area (Å²) >= 11 is 0. The summed E-state index contributed by atoms with van der Waals surface area (Å²) in [6.07, 6.45) is 7.05. The number of rotatable bonds is 8. The average molecular weight is 225 g/mol. The van der Waals surface area contributed by atoms with Crippen LogP contribution in [0.1, 0.15) is 25.6 Å². The van der Waals surface area contributed by atoms with Crippen LogP contribution < -0.4 is 5.32 Å². The normalized spacial score (nSPS) is 12.9. The highest BCUT2D eigenvalue weighted by Gasteiger charge is 2.09. The van der Waals surface area contributed by atoms with Gasteiger partial charge in [0.05, 0.1) is 0 Å². The lowest BCUT2D eigenvalue weighted by Crippen LogP contribution is -2.29. The predicted molar refractivity (Wildman–Crippen MR) is 65.5 cm³/mol. The quantitative estimate of drug-likeness (QED) is 0.679. The minimum atomic E-state index is 0.488. The van der Waals surface area contributed by atoms with Gasteiger partial charge in [0.2, 0.25) is 0 Å². The summed E-state index contributed by atoms with van der Waals surface area (Å²) in [5, 5.41) is 3.34. The molecule has 4 heteroatoms. The van der Waals surface area contributed by atoms with Crippen LogP contribution in [0.25, 0.3) is 0 Å². The monoisotopic (exact) mass is 225 g/mol. The topological polar surface area (TPSA) is 39.1 Å². The summed E-state index contributed by atoms with van der Waals surface area (Å²) in [4.78, 5) is 4.34. The van der Waals surface area contributed by atoms with Gasteiger partial charge in [-0.25, -0.2) is 4.98 Å². The van der Waals surface area contributed by atoms with Gasteiger partial charge in [0, 0.05) is 45.1 Å². The Bertz CT molecular complexity index is 286. The molecule has 0 bridgehead atoms. The number of aromatic nitrogens is 2. The maximum atomic E-state index is 5.34. The Morgan fingerprint density at radius 3 is 2.94 bits per heavy atom. The standard InChI is InChI=1S/C12H23N3O/c1-4-16-9-5-6-11(13-2)10-12-14-7-8-15(12)3/h7-8,11,13H,4-6,9-10H2,1-3H3. The Hall–Kier alpha value is -0.870. The minimum Gasteiger partial charge on any atom is -0.382 e. The molecular weight excluding hydrogens is 202 g/mol. The SMILES string of the molecule is CCOCCCC(Cc1nccn1C)NC. The summed E-state index contributed by atoms with van der Waals surface area (Å²) in [5.74, 6) is 1.13. The molecule has 0 aromatic carbocycles. The van der Waals surface area contributed by atoms with Gasteiger partial charge in [0.15, 0.2) is 0 Å². The van der Waals surface area contributed by atoms with Gasteiger partial charge < -0.3 is 14.6 Å². The van der Waals surface area contributed by atoms with Gasteiger partial charge in [-0.1, -0.05) is 0 Å². The van der Waals surface area contributed by atoms with E-state index in [-0.39, 0.29) is 0 Å². The van der Waals surface area contributed by atoms with Gasteiger partial charge in [-0.05, 0) is 26.8 Å². The van der Waals surface area contributed by atoms with Crippen molar-refractivity contribution in [2.24, 2.45) is 7.05 Å². The number of ether oxygens (including phenoxy) is 1. The fraction of sp³-hybridized carbons (Fsp3) is 0.750. The van der Waals surface area contributed by atoms with Crippen LogP contribution >= 0.6 is 0 Å². The van der Waals surface area contributed by atoms with Crippen molar-refractivity contribution in [1.29, 1.82) is 0 Å². The molecule has 0 fully saturated rings. The molecule has 1 N–H and O–H groups in total. The number of hydrogen-bond acceptors (Lipinski definition) is 3. The van der Waals surface area contributed by atoms with Crippen molar-refractivity contribution in [2.45, 2.75) is 32.2 Å². The Kier molecular flexibility index (Phi) is 6.11. The zero-order valence-corrected chi connectivity index (χ0v) is 10.6. The van der Waals surface area contributed by atoms with Crippen molar-refractivity contribution in [3.8, 4) is 0 Å². The second-order valence-electron chi connectivity index (χ2n) is 3.98. The largest absolute Gasteiger partial charge is 0.382 e. The summed E-state index contributed by atoms with van der Waals surface area (Å²) in [5.41, 5.74) is 0. The van der Waals surface area contributed by atoms with Gasteiger partial charge >= 0.3 is 0 Å². The zero-order valence-electron chi connectivity index (χ0n) is 10.6. The predicted octanol–water partition coefficient (Wildman–Crippen LogP) is 1.37. The molecule has 0 aliphatic heterocycles. The van der Waals surface area contributed by atoms with Gasteiger partial charge in [-0.3, -0.25) is 0 Å². The van der Waals surface area contributed by atoms with Gasteiger partial charge in [0.1, 0.15) is 5.82 Å². The minimum absolute atomic E-state index is 0.488. The Balaban J connectivity index is 2.29. The lowest BCUT2D eigenvalue weighted by atomic mass is 10.1. The first kappa shape index (κ1) is 13.2. The van der Waals surface area contributed by atoms with Crippen molar-refractivity contribution in [3.63, 3.8) is 0 Å². The van der Waals surface area contributed by atoms with Crippen molar-refractivity contribution in [3.05, 3.63) is 18.2 Å². The second-order valence-corrected chi connectivity index (χ2v) is 3.98. The molecule has 4 nitrogen and oxygen atoms in total. The molecule has 0 radical (unpaired) electrons. The van der Waals surface area contributed by atoms with E-state index in [2.05, 4.69) is 14.9 Å². The average Bonchev–Trinajstić information content (AvgIpc) is 2.68. The van der Waals surface area contributed by atoms with Crippen LogP contribution in [0.15, 0.2) is 12.4 Å². The maximum absolute atomic E-state index is 5.34. The molecule has 1 aromatic rings. The third-order valence-corrected chi connectivity index (χ3v) is 2.80. The fourth-order valence-electron chi connectivity index (χ4n) is 1.74. The Labute approximate surface area is 98.0 Å². The van der Waals surface area contributed by atoms with Gasteiger partial charge in [-0.2, -0.15) is 0 Å². The zero-order chi connectivity index (χ0) is 11.8. The lowest BCUT2D eigenvalue weighted by molar-refractivity contribution is 0.141. The molecule has 0 amide bonds. The van der Waals surface area contributed by atoms with E-state index in [0.29, 0.717) is 6.04 Å². The number of aryl methyl sites for hydroxylation is 1. The van der Waals surface area contributed by atoms with Crippen LogP contribution in [0.4, 0.5) is 0 Å². The summed E-state index contributed by atoms with van der Waals surface area (Å²) < 4.78 is 7.41. The van der Waals surface area contributed by atoms with E-state index in [0.717, 1.165) is 38.3 Å². The van der Waals surface area contributed by atoms with Crippen LogP contribution in [0, 0.1) is 0 Å². The molecule has 0 spiro atoms. The highest BCUT2D eigenvalue weighted by molar-refractivity contribution is 4.94. The van der Waals surface area contributed by atoms with Gasteiger partial charge in [0.25, 0.3) is 0 Å². The summed E-state index contributed by atoms with van der Waals surface area (Å²) in [7, 11) is 4.05. The number of likely N-dealkylation sites (N-methyl/N-ethyl adjacent to an activating group) is 1. The highest BCUT2D eigenvalue weighted by Crippen LogP contribution is 2.05. The van der Waals surface area contributed by atoms with Crippen molar-refractivity contribution >= 4 is 0 Å². The molecule has 0 saturated carbocycles. The van der Waals surface area contributed by atoms with Gasteiger partial charge in [-0.15, -0.1) is 0 Å². The summed E-state index contributed by atoms with van der Waals surface area (Å²) in [6.45, 7) is 3.70. The van der Waals surface area contributed by atoms with Crippen LogP contribution in [0.2, 0.25) is 0 Å². The molecule has 1 unspecified atom stereocenters. The fourth-order valence-corrected chi connectivity index (χ4v) is 1.74. The second kappa shape index (κ2) is 7.41. The van der Waals surface area contributed by atoms with Crippen LogP contribution in [-0.4, -0.2) is 35.9 Å². The molecule has 1 heterocycles. The van der Waals surface area contributed by atoms with Crippen LogP contribution in [0.3, 0.4) is 0 Å². The van der Waals surface area contributed by atoms with Crippen molar-refractivity contribution in [2.75, 3.05) is 20.3 Å². The number of nitrogens with one attached hydrogen (secondary N) is 1. The molecule has 16 heavy (non-hydrogen) atoms. The molecule has 1 aromatic heterocycles. The number of imidazole rings is 1. The van der Waals surface area contributed by atoms with E-state index in [1.54, 1.807) is 0 Å². The molecule has 0 aliphatic carbocycles. The molecule has 0 aliphatic rings. The van der Waals surface area contributed by atoms with E-state index in [9.17, 15) is 0 Å². The maximum Gasteiger partial charge on any atom is 0.109 e. The highest BCUT2D eigenvalue weighted by atomic mass is 16.5. The molecule has 92 valence electrons. The third-order valence-electron chi connectivity index (χ3n) is 2.80. The Morgan fingerprint density at radius 2 is 2.38 bits per heavy atom. The number of hydrogen-bond donors (Lipinski definition) is 1. The van der Waals surface area contributed by atoms with Crippen molar-refractivity contribution in [1.82, 2.24) is 14.9 Å². The van der Waals surface area contributed by atoms with Crippen LogP contribution in [-0.2, 0) is 18.2 Å². The van der Waals surface area contributed by atoms with Crippen molar-refractivity contribution < 1.29 is 4.74 Å². The lowest BCUT2D eigenvalue weighted by Gasteiger charge is -2.15. The Morgan fingerprint density at radius 1 is 1.56 bits per heavy atom. The van der Waals surface area contributed by atoms with E-state index < -0.39 is 0 Å². The van der Waals surface area contributed by atoms with E-state index in [1.165, 1.54) is 0 Å². The summed E-state index contributed by atoms with van der Waals surface area (Å²) in [6, 6.07) is 0.488. The van der Waals surface area contributed by atoms with E-state index in [1.807, 2.05) is 33.4 Å². The van der Waals surface area contributed by atoms with E-state index in [4.69, 9.17) is 4.74 Å². The molecule has 1 atom stereocenters. The number of nitrogens with zero attached hydrogens (tertiary/aromatic N) is 2. The third kappa shape index (κ3) is 4.33. The van der Waals surface area contributed by atoms with Crippen LogP contribution in [0.5, 0.6) is 0 Å².